The Morgan fingerprint density at radius 1 is 0.460 bits per heavy atom. The third-order valence-electron chi connectivity index (χ3n) is 6.57. The van der Waals surface area contributed by atoms with E-state index in [4.69, 9.17) is 28.4 Å². The van der Waals surface area contributed by atoms with Gasteiger partial charge in [-0.25, -0.2) is 0 Å². The average Bonchev–Trinajstić information content (AvgIpc) is 3.02. The van der Waals surface area contributed by atoms with Gasteiger partial charge < -0.3 is 0 Å². The second-order valence-electron chi connectivity index (χ2n) is 10.9. The molecule has 50 heavy (non-hydrogen) atoms. The van der Waals surface area contributed by atoms with Gasteiger partial charge in [-0.3, -0.25) is 0 Å². The van der Waals surface area contributed by atoms with E-state index in [1.54, 1.807) is 0 Å². The first-order chi connectivity index (χ1) is 24.3. The van der Waals surface area contributed by atoms with Crippen molar-refractivity contribution in [3.8, 4) is 0 Å². The van der Waals surface area contributed by atoms with E-state index in [9.17, 15) is 0 Å². The SMILES string of the molecule is CCCS(CCC)=P1([S][Ge][O]P2(=S(CCC)CCC)[O][Ge][S]2)[O][Ge][O]1.CCCS(CCC)=P1([S][Ge][O]P2(=S(CCC)CCC)[O][Ge][S]2)[O][Ge][O]1. The zero-order chi connectivity index (χ0) is 36.4. The van der Waals surface area contributed by atoms with Gasteiger partial charge in [0.1, 0.15) is 0 Å². The molecule has 4 rings (SSSR count). The Hall–Kier alpha value is 7.46. The molecule has 2 atom stereocenters. The van der Waals surface area contributed by atoms with Crippen LogP contribution in [0.1, 0.15) is 107 Å². The molecule has 4 fully saturated rings. The fourth-order valence-corrected chi connectivity index (χ4v) is 148. The summed E-state index contributed by atoms with van der Waals surface area (Å²) in [6.07, 6.45) is 9.91. The Labute approximate surface area is 368 Å². The fraction of sp³-hybridized carbons (Fsp3) is 1.00. The monoisotopic (exact) mass is 1300 g/mol. The summed E-state index contributed by atoms with van der Waals surface area (Å²) in [5.74, 6) is 10.2. The van der Waals surface area contributed by atoms with Crippen molar-refractivity contribution in [1.82, 2.24) is 0 Å². The first kappa shape index (κ1) is 51.8. The molecular formula is C24H56Ge6O8P4S8. The van der Waals surface area contributed by atoms with Crippen LogP contribution in [0.15, 0.2) is 0 Å². The first-order valence-electron chi connectivity index (χ1n) is 17.3. The van der Waals surface area contributed by atoms with Crippen molar-refractivity contribution in [2.45, 2.75) is 107 Å². The summed E-state index contributed by atoms with van der Waals surface area (Å²) in [6.45, 7) is 18.3. The topological polar surface area (TPSA) is 73.8 Å². The molecule has 26 heteroatoms. The number of hydrogen-bond acceptors (Lipinski definition) is 12. The van der Waals surface area contributed by atoms with Gasteiger partial charge in [0.25, 0.3) is 0 Å². The molecule has 0 spiro atoms. The van der Waals surface area contributed by atoms with Gasteiger partial charge in [0.15, 0.2) is 0 Å². The molecule has 2 unspecified atom stereocenters. The van der Waals surface area contributed by atoms with Crippen molar-refractivity contribution in [3.05, 3.63) is 0 Å². The van der Waals surface area contributed by atoms with E-state index in [2.05, 4.69) is 74.8 Å². The minimum atomic E-state index is -1.65. The van der Waals surface area contributed by atoms with Gasteiger partial charge in [-0.05, 0) is 0 Å². The van der Waals surface area contributed by atoms with E-state index >= 15 is 0 Å². The van der Waals surface area contributed by atoms with Gasteiger partial charge in [-0.2, -0.15) is 0 Å². The molecule has 4 aliphatic heterocycles. The molecule has 0 aromatic heterocycles. The van der Waals surface area contributed by atoms with E-state index < -0.39 is 84.2 Å². The maximum atomic E-state index is 6.64. The summed E-state index contributed by atoms with van der Waals surface area (Å²) in [6, 6.07) is 0. The molecule has 0 saturated carbocycles. The Balaban J connectivity index is 0.000000270. The van der Waals surface area contributed by atoms with Crippen molar-refractivity contribution in [1.29, 1.82) is 0 Å². The Morgan fingerprint density at radius 2 is 0.720 bits per heavy atom. The summed E-state index contributed by atoms with van der Waals surface area (Å²) >= 11 is -2.70. The van der Waals surface area contributed by atoms with Crippen LogP contribution in [0.4, 0.5) is 0 Å². The number of rotatable bonds is 24. The zero-order valence-corrected chi connectivity index (χ0v) is 53.3. The molecule has 12 radical (unpaired) electrons. The Morgan fingerprint density at radius 3 is 0.900 bits per heavy atom. The third-order valence-corrected chi connectivity index (χ3v) is 118. The summed E-state index contributed by atoms with van der Waals surface area (Å²) in [5.41, 5.74) is -6.48. The van der Waals surface area contributed by atoms with Gasteiger partial charge in [-0.15, -0.1) is 0 Å². The predicted molar refractivity (Wildman–Crippen MR) is 252 cm³/mol. The van der Waals surface area contributed by atoms with E-state index in [-0.39, 0.29) is 29.3 Å². The molecule has 0 bridgehead atoms. The second-order valence-corrected chi connectivity index (χ2v) is 74.8. The zero-order valence-electron chi connectivity index (χ0n) is 30.6. The van der Waals surface area contributed by atoms with Crippen molar-refractivity contribution in [2.24, 2.45) is 0 Å². The quantitative estimate of drug-likeness (QED) is 0.0683. The van der Waals surface area contributed by atoms with Crippen LogP contribution in [0, 0.1) is 0 Å². The molecule has 0 N–H and O–H groups in total. The van der Waals surface area contributed by atoms with Crippen molar-refractivity contribution >= 4 is 193 Å². The molecule has 0 aromatic carbocycles. The van der Waals surface area contributed by atoms with Crippen LogP contribution in [0.5, 0.6) is 0 Å². The molecule has 292 valence electrons. The van der Waals surface area contributed by atoms with Gasteiger partial charge in [0.2, 0.25) is 0 Å². The Bertz CT molecular complexity index is 1040. The van der Waals surface area contributed by atoms with Gasteiger partial charge >= 0.3 is 374 Å². The molecule has 8 nitrogen and oxygen atoms in total. The van der Waals surface area contributed by atoms with Gasteiger partial charge in [0, 0.05) is 0 Å². The summed E-state index contributed by atoms with van der Waals surface area (Å²) < 4.78 is 50.7. The molecule has 0 amide bonds. The summed E-state index contributed by atoms with van der Waals surface area (Å²) in [7, 11) is 9.54. The normalized spacial score (nSPS) is 25.2. The van der Waals surface area contributed by atoms with E-state index in [1.807, 2.05) is 19.4 Å². The van der Waals surface area contributed by atoms with Crippen LogP contribution in [0.25, 0.3) is 0 Å². The second kappa shape index (κ2) is 28.9. The van der Waals surface area contributed by atoms with Crippen molar-refractivity contribution < 1.29 is 28.4 Å². The summed E-state index contributed by atoms with van der Waals surface area (Å²) in [4.78, 5) is 0. The van der Waals surface area contributed by atoms with Crippen molar-refractivity contribution in [3.63, 3.8) is 0 Å². The Kier molecular flexibility index (Phi) is 30.0. The third kappa shape index (κ3) is 15.4. The van der Waals surface area contributed by atoms with Crippen LogP contribution >= 0.6 is 61.6 Å². The van der Waals surface area contributed by atoms with Crippen LogP contribution in [-0.4, -0.2) is 137 Å². The van der Waals surface area contributed by atoms with Crippen LogP contribution in [0.2, 0.25) is 0 Å². The van der Waals surface area contributed by atoms with Crippen LogP contribution < -0.4 is 0 Å². The first-order valence-corrected chi connectivity index (χ1v) is 55.3. The number of hydrogen-bond donors (Lipinski definition) is 0. The van der Waals surface area contributed by atoms with E-state index in [0.717, 1.165) is 0 Å². The van der Waals surface area contributed by atoms with E-state index in [1.165, 1.54) is 97.4 Å². The van der Waals surface area contributed by atoms with Crippen LogP contribution in [-0.2, 0) is 68.7 Å². The summed E-state index contributed by atoms with van der Waals surface area (Å²) in [5, 5.41) is 0. The molecule has 0 aromatic rings. The molecule has 4 aliphatic rings. The van der Waals surface area contributed by atoms with Crippen molar-refractivity contribution in [2.75, 3.05) is 46.0 Å². The van der Waals surface area contributed by atoms with E-state index in [0.29, 0.717) is 40.3 Å². The predicted octanol–water partition coefficient (Wildman–Crippen LogP) is 10.8. The van der Waals surface area contributed by atoms with Gasteiger partial charge in [-0.1, -0.05) is 0 Å². The maximum absolute atomic E-state index is 6.64. The van der Waals surface area contributed by atoms with Gasteiger partial charge in [0.05, 0.1) is 0 Å². The van der Waals surface area contributed by atoms with Crippen LogP contribution in [0.3, 0.4) is 0 Å². The molecule has 4 heterocycles. The molecule has 4 saturated heterocycles. The molecular weight excluding hydrogens is 1230 g/mol. The average molecular weight is 1290 g/mol. The minimum absolute atomic E-state index is 0.230. The fourth-order valence-electron chi connectivity index (χ4n) is 4.58. The molecule has 0 aliphatic carbocycles. The standard InChI is InChI=1S/2C12H28Ge3O4P2S4/c2*1-5-9-24(10-6-2)20(16-13-17-20)22-14-18-21(19-15-23-21)25(11-7-3)12-8-4/h2*5-12H2,1-4H3.